The third-order valence-electron chi connectivity index (χ3n) is 4.51. The number of amides is 1. The van der Waals surface area contributed by atoms with Crippen molar-refractivity contribution in [3.63, 3.8) is 0 Å². The van der Waals surface area contributed by atoms with E-state index < -0.39 is 0 Å². The van der Waals surface area contributed by atoms with E-state index in [0.717, 1.165) is 6.42 Å². The van der Waals surface area contributed by atoms with Crippen molar-refractivity contribution >= 4 is 5.91 Å². The molecule has 1 aliphatic heterocycles. The number of rotatable bonds is 5. The summed E-state index contributed by atoms with van der Waals surface area (Å²) in [5, 5.41) is 14.0. The summed E-state index contributed by atoms with van der Waals surface area (Å²) in [4.78, 5) is 18.4. The molecule has 1 aliphatic rings. The molecule has 2 aromatic rings. The predicted molar refractivity (Wildman–Crippen MR) is 88.2 cm³/mol. The van der Waals surface area contributed by atoms with Crippen LogP contribution < -0.4 is 0 Å². The third-order valence-corrected chi connectivity index (χ3v) is 4.51. The number of benzene rings is 1. The molecule has 2 atom stereocenters. The minimum absolute atomic E-state index is 0.0794. The molecular formula is C18H23N3O3. The second kappa shape index (κ2) is 7.57. The molecule has 2 heterocycles. The number of aliphatic hydroxyl groups excluding tert-OH is 1. The molecule has 1 fully saturated rings. The molecule has 6 nitrogen and oxygen atoms in total. The van der Waals surface area contributed by atoms with Crippen molar-refractivity contribution in [2.24, 2.45) is 5.92 Å². The third kappa shape index (κ3) is 4.20. The van der Waals surface area contributed by atoms with E-state index in [9.17, 15) is 9.90 Å². The van der Waals surface area contributed by atoms with Crippen LogP contribution in [0.3, 0.4) is 0 Å². The molecule has 0 bridgehead atoms. The standard InChI is InChI=1S/C18H23N3O3/c1-13-19-17(24-20-13)7-8-18(23)21-10-9-16(22)15(12-21)11-14-5-3-2-4-6-14/h2-6,15-16,22H,7-12H2,1H3/t15-,16+/m1/s1. The molecular weight excluding hydrogens is 306 g/mol. The van der Waals surface area contributed by atoms with Crippen molar-refractivity contribution in [3.8, 4) is 0 Å². The first-order valence-corrected chi connectivity index (χ1v) is 8.41. The monoisotopic (exact) mass is 329 g/mol. The van der Waals surface area contributed by atoms with Gasteiger partial charge in [-0.1, -0.05) is 35.5 Å². The lowest BCUT2D eigenvalue weighted by Crippen LogP contribution is -2.46. The van der Waals surface area contributed by atoms with Gasteiger partial charge in [0.2, 0.25) is 11.8 Å². The molecule has 24 heavy (non-hydrogen) atoms. The van der Waals surface area contributed by atoms with Crippen LogP contribution in [0.15, 0.2) is 34.9 Å². The Balaban J connectivity index is 1.54. The zero-order valence-corrected chi connectivity index (χ0v) is 13.9. The fourth-order valence-corrected chi connectivity index (χ4v) is 3.18. The van der Waals surface area contributed by atoms with E-state index in [-0.39, 0.29) is 17.9 Å². The normalized spacial score (nSPS) is 21.0. The number of aliphatic hydroxyl groups is 1. The first kappa shape index (κ1) is 16.6. The number of carbonyl (C=O) groups excluding carboxylic acids is 1. The summed E-state index contributed by atoms with van der Waals surface area (Å²) in [6.45, 7) is 2.96. The summed E-state index contributed by atoms with van der Waals surface area (Å²) in [6.07, 6.45) is 1.88. The number of hydrogen-bond donors (Lipinski definition) is 1. The SMILES string of the molecule is Cc1noc(CCC(=O)N2CC[C@H](O)[C@H](Cc3ccccc3)C2)n1. The molecule has 0 radical (unpaired) electrons. The maximum atomic E-state index is 12.4. The largest absolute Gasteiger partial charge is 0.393 e. The lowest BCUT2D eigenvalue weighted by Gasteiger charge is -2.36. The number of piperidine rings is 1. The van der Waals surface area contributed by atoms with E-state index in [1.165, 1.54) is 5.56 Å². The van der Waals surface area contributed by atoms with Crippen molar-refractivity contribution in [1.82, 2.24) is 15.0 Å². The van der Waals surface area contributed by atoms with Crippen LogP contribution in [-0.2, 0) is 17.6 Å². The van der Waals surface area contributed by atoms with Crippen LogP contribution in [0.1, 0.15) is 30.1 Å². The van der Waals surface area contributed by atoms with Gasteiger partial charge in [0, 0.05) is 31.8 Å². The van der Waals surface area contributed by atoms with Gasteiger partial charge in [-0.3, -0.25) is 4.79 Å². The van der Waals surface area contributed by atoms with Crippen LogP contribution in [0.2, 0.25) is 0 Å². The first-order valence-electron chi connectivity index (χ1n) is 8.41. The van der Waals surface area contributed by atoms with Crippen LogP contribution in [-0.4, -0.2) is 45.2 Å². The molecule has 6 heteroatoms. The number of aryl methyl sites for hydroxylation is 2. The van der Waals surface area contributed by atoms with Gasteiger partial charge in [0.05, 0.1) is 6.10 Å². The van der Waals surface area contributed by atoms with Gasteiger partial charge in [0.15, 0.2) is 5.82 Å². The molecule has 0 saturated carbocycles. The van der Waals surface area contributed by atoms with Gasteiger partial charge < -0.3 is 14.5 Å². The second-order valence-corrected chi connectivity index (χ2v) is 6.38. The summed E-state index contributed by atoms with van der Waals surface area (Å²) in [6, 6.07) is 10.1. The predicted octanol–water partition coefficient (Wildman–Crippen LogP) is 1.76. The summed E-state index contributed by atoms with van der Waals surface area (Å²) in [5.74, 6) is 1.24. The van der Waals surface area contributed by atoms with E-state index in [0.29, 0.717) is 44.1 Å². The average molecular weight is 329 g/mol. The zero-order valence-electron chi connectivity index (χ0n) is 13.9. The van der Waals surface area contributed by atoms with Crippen LogP contribution in [0.25, 0.3) is 0 Å². The van der Waals surface area contributed by atoms with Crippen molar-refractivity contribution in [3.05, 3.63) is 47.6 Å². The zero-order chi connectivity index (χ0) is 16.9. The van der Waals surface area contributed by atoms with E-state index in [1.807, 2.05) is 23.1 Å². The molecule has 1 saturated heterocycles. The Morgan fingerprint density at radius 3 is 2.88 bits per heavy atom. The van der Waals surface area contributed by atoms with Crippen molar-refractivity contribution in [2.75, 3.05) is 13.1 Å². The van der Waals surface area contributed by atoms with Gasteiger partial charge in [-0.25, -0.2) is 0 Å². The van der Waals surface area contributed by atoms with Crippen molar-refractivity contribution in [2.45, 2.75) is 38.7 Å². The molecule has 1 aromatic carbocycles. The Kier molecular flexibility index (Phi) is 5.25. The van der Waals surface area contributed by atoms with E-state index in [2.05, 4.69) is 22.3 Å². The van der Waals surface area contributed by atoms with Gasteiger partial charge in [0.25, 0.3) is 0 Å². The minimum Gasteiger partial charge on any atom is -0.393 e. The fourth-order valence-electron chi connectivity index (χ4n) is 3.18. The molecule has 0 unspecified atom stereocenters. The summed E-state index contributed by atoms with van der Waals surface area (Å²) in [7, 11) is 0. The van der Waals surface area contributed by atoms with E-state index in [1.54, 1.807) is 6.92 Å². The number of aromatic nitrogens is 2. The molecule has 3 rings (SSSR count). The van der Waals surface area contributed by atoms with Gasteiger partial charge in [-0.05, 0) is 25.3 Å². The highest BCUT2D eigenvalue weighted by Crippen LogP contribution is 2.22. The molecule has 1 aromatic heterocycles. The van der Waals surface area contributed by atoms with E-state index in [4.69, 9.17) is 4.52 Å². The molecule has 1 N–H and O–H groups in total. The van der Waals surface area contributed by atoms with Gasteiger partial charge >= 0.3 is 0 Å². The number of hydrogen-bond acceptors (Lipinski definition) is 5. The quantitative estimate of drug-likeness (QED) is 0.904. The number of likely N-dealkylation sites (tertiary alicyclic amines) is 1. The Hall–Kier alpha value is -2.21. The first-order chi connectivity index (χ1) is 11.6. The molecule has 0 aliphatic carbocycles. The van der Waals surface area contributed by atoms with Crippen LogP contribution in [0.4, 0.5) is 0 Å². The lowest BCUT2D eigenvalue weighted by atomic mass is 9.88. The van der Waals surface area contributed by atoms with Crippen LogP contribution in [0, 0.1) is 12.8 Å². The average Bonchev–Trinajstić information content (AvgIpc) is 3.01. The maximum Gasteiger partial charge on any atom is 0.227 e. The highest BCUT2D eigenvalue weighted by Gasteiger charge is 2.30. The summed E-state index contributed by atoms with van der Waals surface area (Å²) >= 11 is 0. The summed E-state index contributed by atoms with van der Waals surface area (Å²) < 4.78 is 5.05. The van der Waals surface area contributed by atoms with Gasteiger partial charge in [-0.2, -0.15) is 4.98 Å². The summed E-state index contributed by atoms with van der Waals surface area (Å²) in [5.41, 5.74) is 1.19. The second-order valence-electron chi connectivity index (χ2n) is 6.38. The highest BCUT2D eigenvalue weighted by atomic mass is 16.5. The van der Waals surface area contributed by atoms with Crippen LogP contribution in [0.5, 0.6) is 0 Å². The minimum atomic E-state index is -0.354. The van der Waals surface area contributed by atoms with Crippen molar-refractivity contribution in [1.29, 1.82) is 0 Å². The maximum absolute atomic E-state index is 12.4. The van der Waals surface area contributed by atoms with Crippen molar-refractivity contribution < 1.29 is 14.4 Å². The Morgan fingerprint density at radius 1 is 1.38 bits per heavy atom. The lowest BCUT2D eigenvalue weighted by molar-refractivity contribution is -0.135. The van der Waals surface area contributed by atoms with E-state index >= 15 is 0 Å². The van der Waals surface area contributed by atoms with Gasteiger partial charge in [-0.15, -0.1) is 0 Å². The number of nitrogens with zero attached hydrogens (tertiary/aromatic N) is 3. The molecule has 0 spiro atoms. The Morgan fingerprint density at radius 2 is 2.17 bits per heavy atom. The Bertz CT molecular complexity index is 671. The topological polar surface area (TPSA) is 79.5 Å². The smallest absolute Gasteiger partial charge is 0.227 e. The highest BCUT2D eigenvalue weighted by molar-refractivity contribution is 5.76. The molecule has 128 valence electrons. The van der Waals surface area contributed by atoms with Crippen LogP contribution >= 0.6 is 0 Å². The molecule has 1 amide bonds. The fraction of sp³-hybridized carbons (Fsp3) is 0.500. The number of carbonyl (C=O) groups is 1. The Labute approximate surface area is 141 Å². The van der Waals surface area contributed by atoms with Gasteiger partial charge in [0.1, 0.15) is 0 Å².